The molecule has 12 aromatic rings. The zero-order valence-electron chi connectivity index (χ0n) is 59.5. The zero-order valence-corrected chi connectivity index (χ0v) is 63.3. The van der Waals surface area contributed by atoms with Crippen molar-refractivity contribution in [2.24, 2.45) is 0 Å². The van der Waals surface area contributed by atoms with Gasteiger partial charge in [0.1, 0.15) is 41.1 Å². The van der Waals surface area contributed by atoms with Gasteiger partial charge in [0.15, 0.2) is 0 Å². The summed E-state index contributed by atoms with van der Waals surface area (Å²) in [5.41, 5.74) is 13.2. The Bertz CT molecular complexity index is 5250. The quantitative estimate of drug-likeness (QED) is 0.0454. The topological polar surface area (TPSA) is 210 Å². The molecule has 0 radical (unpaired) electrons. The maximum absolute atomic E-state index is 13.4. The lowest BCUT2D eigenvalue weighted by molar-refractivity contribution is -0.116. The summed E-state index contributed by atoms with van der Waals surface area (Å²) in [5, 5.41) is 12.0. The van der Waals surface area contributed by atoms with Crippen molar-refractivity contribution in [1.82, 2.24) is 39.5 Å². The van der Waals surface area contributed by atoms with E-state index >= 15 is 0 Å². The molecule has 3 aromatic heterocycles. The summed E-state index contributed by atoms with van der Waals surface area (Å²) in [6.45, 7) is 6.85. The highest BCUT2D eigenvalue weighted by atomic mass is 35.5. The van der Waals surface area contributed by atoms with E-state index in [1.165, 1.54) is 11.6 Å². The fraction of sp³-hybridized carbons (Fsp3) is 0.202. The van der Waals surface area contributed by atoms with Crippen molar-refractivity contribution in [3.05, 3.63) is 294 Å². The van der Waals surface area contributed by atoms with Crippen LogP contribution in [0.25, 0.3) is 32.7 Å². The molecule has 0 saturated heterocycles. The monoisotopic (exact) mass is 1540 g/mol. The number of nitrogens with one attached hydrogen (secondary N) is 5. The number of aromatic nitrogens is 3. The Morgan fingerprint density at radius 2 is 0.796 bits per heavy atom. The van der Waals surface area contributed by atoms with Gasteiger partial charge in [0.05, 0.1) is 13.2 Å². The smallest absolute Gasteiger partial charge is 0.416 e. The van der Waals surface area contributed by atoms with Crippen LogP contribution in [0.2, 0.25) is 25.1 Å². The normalized spacial score (nSPS) is 15.1. The van der Waals surface area contributed by atoms with Gasteiger partial charge in [-0.2, -0.15) is 0 Å². The zero-order chi connectivity index (χ0) is 75.7. The van der Waals surface area contributed by atoms with Crippen LogP contribution < -0.4 is 29.6 Å². The number of benzene rings is 9. The summed E-state index contributed by atoms with van der Waals surface area (Å²) >= 11 is 30.8. The van der Waals surface area contributed by atoms with Gasteiger partial charge in [0.2, 0.25) is 11.8 Å². The maximum Gasteiger partial charge on any atom is 0.416 e. The number of carbonyl (C=O) groups excluding carboxylic acids is 5. The number of hydrogen-bond acceptors (Lipinski definition) is 11. The van der Waals surface area contributed by atoms with Crippen LogP contribution in [0, 0.1) is 0 Å². The third-order valence-corrected chi connectivity index (χ3v) is 20.0. The third-order valence-electron chi connectivity index (χ3n) is 18.8. The van der Waals surface area contributed by atoms with E-state index in [4.69, 9.17) is 77.0 Å². The number of amides is 5. The summed E-state index contributed by atoms with van der Waals surface area (Å²) in [5.74, 6) is 1.78. The second-order valence-corrected chi connectivity index (χ2v) is 29.0. The van der Waals surface area contributed by atoms with E-state index in [1.54, 1.807) is 92.4 Å². The third kappa shape index (κ3) is 17.8. The molecule has 3 aliphatic heterocycles. The highest BCUT2D eigenvalue weighted by molar-refractivity contribution is 6.32. The molecule has 24 heteroatoms. The summed E-state index contributed by atoms with van der Waals surface area (Å²) in [4.78, 5) is 83.7. The van der Waals surface area contributed by atoms with Gasteiger partial charge in [0, 0.05) is 112 Å². The highest BCUT2D eigenvalue weighted by Gasteiger charge is 2.39. The molecule has 5 N–H and O–H groups in total. The fourth-order valence-electron chi connectivity index (χ4n) is 13.9. The number of H-pyrrole nitrogens is 3. The van der Waals surface area contributed by atoms with Gasteiger partial charge in [-0.05, 0) is 245 Å². The lowest BCUT2D eigenvalue weighted by Crippen LogP contribution is -2.42. The van der Waals surface area contributed by atoms with Gasteiger partial charge < -0.3 is 54.3 Å². The molecule has 0 aliphatic carbocycles. The Kier molecular flexibility index (Phi) is 23.8. The molecule has 0 bridgehead atoms. The number of aromatic amines is 3. The summed E-state index contributed by atoms with van der Waals surface area (Å²) < 4.78 is 23.1. The second kappa shape index (κ2) is 34.0. The number of ether oxygens (including phenoxy) is 4. The lowest BCUT2D eigenvalue weighted by Gasteiger charge is -2.35. The molecular weight excluding hydrogens is 1470 g/mol. The van der Waals surface area contributed by atoms with E-state index in [-0.39, 0.29) is 30.5 Å². The molecular formula is C84H77Cl5N10O9. The van der Waals surface area contributed by atoms with E-state index in [1.807, 2.05) is 148 Å². The number of anilines is 2. The van der Waals surface area contributed by atoms with Crippen LogP contribution in [0.4, 0.5) is 25.8 Å². The summed E-state index contributed by atoms with van der Waals surface area (Å²) in [6.07, 6.45) is 2.88. The van der Waals surface area contributed by atoms with E-state index < -0.39 is 24.3 Å². The van der Waals surface area contributed by atoms with Crippen LogP contribution in [-0.4, -0.2) is 137 Å². The maximum atomic E-state index is 13.4. The SMILES string of the molecule is C=CC(=O)Nc1ccc(C2c3[nH]c4ccc(Cl)cc4c3CCN2C(=O)Oc2ccc(Cl)cc2)cc1.CN(C)CC(=O)Nc1ccc(C2c3[nH]c4ccc(Cl)cc4c3CCN2C(=O)Oc2ccc(Cl)cc2)cc1.CN(C)CCCOc1ccc(C2c3[nH]c4ccc(Cl)cc4c3CCN2C(=O)Oc2ccccc2)cc1. The fourth-order valence-corrected chi connectivity index (χ4v) is 14.6. The van der Waals surface area contributed by atoms with Crippen molar-refractivity contribution < 1.29 is 42.9 Å². The van der Waals surface area contributed by atoms with Crippen molar-refractivity contribution in [2.75, 3.05) is 78.2 Å². The van der Waals surface area contributed by atoms with Crippen LogP contribution in [0.1, 0.15) is 75.0 Å². The van der Waals surface area contributed by atoms with Crippen molar-refractivity contribution in [2.45, 2.75) is 43.8 Å². The molecule has 0 saturated carbocycles. The molecule has 5 amide bonds. The predicted octanol–water partition coefficient (Wildman–Crippen LogP) is 19.2. The van der Waals surface area contributed by atoms with E-state index in [0.717, 1.165) is 96.3 Å². The van der Waals surface area contributed by atoms with Crippen molar-refractivity contribution >= 4 is 132 Å². The minimum absolute atomic E-state index is 0.0987. The van der Waals surface area contributed by atoms with Gasteiger partial charge in [-0.1, -0.05) is 119 Å². The van der Waals surface area contributed by atoms with Crippen molar-refractivity contribution in [3.63, 3.8) is 0 Å². The largest absolute Gasteiger partial charge is 0.494 e. The molecule has 3 aliphatic rings. The van der Waals surface area contributed by atoms with Gasteiger partial charge >= 0.3 is 18.3 Å². The first kappa shape index (κ1) is 75.5. The number of hydrogen-bond donors (Lipinski definition) is 5. The molecule has 0 spiro atoms. The predicted molar refractivity (Wildman–Crippen MR) is 428 cm³/mol. The molecule has 108 heavy (non-hydrogen) atoms. The number of carbonyl (C=O) groups is 5. The van der Waals surface area contributed by atoms with E-state index in [2.05, 4.69) is 51.2 Å². The lowest BCUT2D eigenvalue weighted by atomic mass is 9.92. The Labute approximate surface area is 649 Å². The van der Waals surface area contributed by atoms with Crippen LogP contribution in [0.3, 0.4) is 0 Å². The average molecular weight is 1550 g/mol. The van der Waals surface area contributed by atoms with E-state index in [0.29, 0.717) is 99.2 Å². The number of para-hydroxylation sites is 1. The van der Waals surface area contributed by atoms with Crippen LogP contribution in [0.5, 0.6) is 23.0 Å². The Morgan fingerprint density at radius 1 is 0.444 bits per heavy atom. The minimum atomic E-state index is -0.469. The summed E-state index contributed by atoms with van der Waals surface area (Å²) in [6, 6.07) is 61.6. The Balaban J connectivity index is 0.000000143. The molecule has 15 rings (SSSR count). The van der Waals surface area contributed by atoms with Crippen LogP contribution >= 0.6 is 58.0 Å². The number of fused-ring (bicyclic) bond motifs is 9. The standard InChI is InChI=1S/C29H30ClN3O3.C28H26Cl2N4O3.C27H21Cl2N3O3/c1-32(2)16-6-18-35-22-12-9-20(10-13-22)28-27-24(25-19-21(30)11-14-26(25)31-27)15-17-33(28)29(34)36-23-7-4-3-5-8-23;1-33(2)16-25(35)31-20-8-3-17(4-9-20)27-26-22(23-15-19(30)7-12-24(23)32-26)13-14-34(27)28(36)37-21-10-5-18(29)6-11-21;1-2-24(33)30-19-8-3-16(4-9-19)26-25-21(22-15-18(29)7-12-23(22)31-25)13-14-32(26)27(34)35-20-10-5-17(28)6-11-20/h3-5,7-14,19,28,31H,6,15-18H2,1-2H3;3-12,15,27,32H,13-14,16H2,1-2H3,(H,31,35);2-12,15,26,31H,1,13-14H2,(H,30,33). The Hall–Kier alpha value is -10.7. The minimum Gasteiger partial charge on any atom is -0.494 e. The average Bonchev–Trinajstić information content (AvgIpc) is 1.59. The second-order valence-electron chi connectivity index (χ2n) is 26.8. The van der Waals surface area contributed by atoms with Gasteiger partial charge in [0.25, 0.3) is 0 Å². The number of likely N-dealkylation sites (N-methyl/N-ethyl adjacent to an activating group) is 1. The number of rotatable bonds is 16. The first-order valence-electron chi connectivity index (χ1n) is 35.1. The first-order chi connectivity index (χ1) is 52.2. The molecule has 6 heterocycles. The molecule has 3 unspecified atom stereocenters. The Morgan fingerprint density at radius 3 is 1.17 bits per heavy atom. The van der Waals surface area contributed by atoms with Crippen LogP contribution in [-0.2, 0) is 28.9 Å². The molecule has 9 aromatic carbocycles. The first-order valence-corrected chi connectivity index (χ1v) is 37.0. The molecule has 3 atom stereocenters. The van der Waals surface area contributed by atoms with Gasteiger partial charge in [-0.15, -0.1) is 0 Å². The molecule has 0 fully saturated rings. The summed E-state index contributed by atoms with van der Waals surface area (Å²) in [7, 11) is 7.79. The van der Waals surface area contributed by atoms with Crippen molar-refractivity contribution in [3.8, 4) is 23.0 Å². The number of nitrogens with zero attached hydrogens (tertiary/aromatic N) is 5. The van der Waals surface area contributed by atoms with E-state index in [9.17, 15) is 24.0 Å². The molecule has 19 nitrogen and oxygen atoms in total. The van der Waals surface area contributed by atoms with Gasteiger partial charge in [-0.3, -0.25) is 24.3 Å². The molecule has 552 valence electrons. The van der Waals surface area contributed by atoms with Crippen LogP contribution in [0.15, 0.2) is 219 Å². The van der Waals surface area contributed by atoms with Gasteiger partial charge in [-0.25, -0.2) is 14.4 Å². The highest BCUT2D eigenvalue weighted by Crippen LogP contribution is 2.44. The van der Waals surface area contributed by atoms with Crippen molar-refractivity contribution in [1.29, 1.82) is 0 Å². The number of halogens is 5.